The number of nitrogens with zero attached hydrogens (tertiary/aromatic N) is 4. The number of piperazine rings is 2. The third-order valence-corrected chi connectivity index (χ3v) is 10.9. The fourth-order valence-electron chi connectivity index (χ4n) is 6.25. The maximum Gasteiger partial charge on any atom is 0.416 e. The van der Waals surface area contributed by atoms with Gasteiger partial charge in [-0.1, -0.05) is 35.9 Å². The molecule has 1 N–H and O–H groups in total. The normalized spacial score (nSPS) is 15.8. The van der Waals surface area contributed by atoms with Crippen LogP contribution in [0.25, 0.3) is 0 Å². The van der Waals surface area contributed by atoms with E-state index in [2.05, 4.69) is 4.72 Å². The maximum atomic E-state index is 13.7. The first kappa shape index (κ1) is 37.8. The van der Waals surface area contributed by atoms with E-state index in [4.69, 9.17) is 11.6 Å². The van der Waals surface area contributed by atoms with Crippen LogP contribution < -0.4 is 14.5 Å². The van der Waals surface area contributed by atoms with Crippen LogP contribution in [0.3, 0.4) is 0 Å². The lowest BCUT2D eigenvalue weighted by atomic mass is 10.1. The first-order chi connectivity index (χ1) is 25.0. The van der Waals surface area contributed by atoms with Gasteiger partial charge in [-0.25, -0.2) is 8.42 Å². The minimum atomic E-state index is -4.50. The second kappa shape index (κ2) is 14.8. The van der Waals surface area contributed by atoms with Gasteiger partial charge in [-0.15, -0.1) is 0 Å². The van der Waals surface area contributed by atoms with Crippen LogP contribution in [-0.2, 0) is 22.4 Å². The molecule has 6 rings (SSSR count). The highest BCUT2D eigenvalue weighted by Crippen LogP contribution is 2.34. The van der Waals surface area contributed by atoms with Crippen LogP contribution in [-0.4, -0.2) is 82.4 Å². The number of anilines is 3. The van der Waals surface area contributed by atoms with Crippen LogP contribution >= 0.6 is 11.6 Å². The van der Waals surface area contributed by atoms with Crippen LogP contribution in [0.2, 0.25) is 5.02 Å². The van der Waals surface area contributed by atoms with Crippen LogP contribution in [0.1, 0.15) is 31.8 Å². The SMILES string of the molecule is O=C(c1ccc(Cl)c(S(=O)(=O)Nc2ccccc2C(=O)N2CCN(c3cccc(C(F)(F)F)c3)CC2)c1)N1CCN(c2cccc(C(F)(F)F)c2)CC1. The highest BCUT2D eigenvalue weighted by molar-refractivity contribution is 7.92. The minimum absolute atomic E-state index is 0.0188. The second-order valence-electron chi connectivity index (χ2n) is 12.5. The number of nitrogens with one attached hydrogen (secondary N) is 1. The number of carbonyl (C=O) groups is 2. The van der Waals surface area contributed by atoms with Gasteiger partial charge in [-0.05, 0) is 66.7 Å². The Morgan fingerprint density at radius 2 is 1.09 bits per heavy atom. The molecule has 4 aromatic rings. The average Bonchev–Trinajstić information content (AvgIpc) is 3.14. The van der Waals surface area contributed by atoms with E-state index in [-0.39, 0.29) is 74.2 Å². The molecule has 0 spiro atoms. The van der Waals surface area contributed by atoms with Gasteiger partial charge in [0.05, 0.1) is 27.4 Å². The predicted molar refractivity (Wildman–Crippen MR) is 188 cm³/mol. The first-order valence-corrected chi connectivity index (χ1v) is 18.2. The Labute approximate surface area is 306 Å². The van der Waals surface area contributed by atoms with Crippen molar-refractivity contribution < 1.29 is 44.3 Å². The number of alkyl halides is 6. The Morgan fingerprint density at radius 1 is 0.604 bits per heavy atom. The Morgan fingerprint density at radius 3 is 1.60 bits per heavy atom. The fourth-order valence-corrected chi connectivity index (χ4v) is 7.85. The molecule has 0 aromatic heterocycles. The maximum absolute atomic E-state index is 13.7. The van der Waals surface area contributed by atoms with E-state index in [1.54, 1.807) is 28.0 Å². The Bertz CT molecular complexity index is 2120. The number of amides is 2. The third-order valence-electron chi connectivity index (χ3n) is 9.08. The van der Waals surface area contributed by atoms with Crippen LogP contribution in [0.5, 0.6) is 0 Å². The van der Waals surface area contributed by atoms with Crippen molar-refractivity contribution in [1.29, 1.82) is 0 Å². The Hall–Kier alpha value is -4.96. The van der Waals surface area contributed by atoms with Crippen molar-refractivity contribution in [3.05, 3.63) is 118 Å². The van der Waals surface area contributed by atoms with Gasteiger partial charge < -0.3 is 19.6 Å². The third kappa shape index (κ3) is 8.49. The van der Waals surface area contributed by atoms with E-state index in [1.165, 1.54) is 52.3 Å². The summed E-state index contributed by atoms with van der Waals surface area (Å²) in [5, 5.41) is -0.182. The van der Waals surface area contributed by atoms with Crippen molar-refractivity contribution in [2.24, 2.45) is 0 Å². The summed E-state index contributed by atoms with van der Waals surface area (Å²) < 4.78 is 109. The average molecular weight is 780 g/mol. The minimum Gasteiger partial charge on any atom is -0.368 e. The van der Waals surface area contributed by atoms with Gasteiger partial charge in [0.25, 0.3) is 21.8 Å². The second-order valence-corrected chi connectivity index (χ2v) is 14.5. The number of rotatable bonds is 7. The standard InChI is InChI=1S/C36H32ClF6N5O4S/c37-30-12-11-24(33(49)47-17-13-45(14-18-47)27-7-3-5-25(22-27)35(38,39)40)21-32(30)53(51,52)44-31-10-2-1-9-29(31)34(50)48-19-15-46(16-20-48)28-8-4-6-26(23-28)36(41,42)43/h1-12,21-23,44H,13-20H2. The van der Waals surface area contributed by atoms with Gasteiger partial charge in [0.2, 0.25) is 0 Å². The molecule has 2 amide bonds. The lowest BCUT2D eigenvalue weighted by Crippen LogP contribution is -2.49. The zero-order valence-electron chi connectivity index (χ0n) is 27.8. The monoisotopic (exact) mass is 779 g/mol. The van der Waals surface area contributed by atoms with Crippen molar-refractivity contribution in [1.82, 2.24) is 9.80 Å². The smallest absolute Gasteiger partial charge is 0.368 e. The molecule has 4 aromatic carbocycles. The fraction of sp³-hybridized carbons (Fsp3) is 0.278. The van der Waals surface area contributed by atoms with Crippen molar-refractivity contribution in [3.63, 3.8) is 0 Å². The molecule has 0 aliphatic carbocycles. The molecular formula is C36H32ClF6N5O4S. The molecule has 9 nitrogen and oxygen atoms in total. The Kier molecular flexibility index (Phi) is 10.6. The zero-order valence-corrected chi connectivity index (χ0v) is 29.4. The van der Waals surface area contributed by atoms with Gasteiger partial charge in [-0.2, -0.15) is 26.3 Å². The van der Waals surface area contributed by atoms with Gasteiger partial charge in [0, 0.05) is 69.3 Å². The molecule has 0 radical (unpaired) electrons. The highest BCUT2D eigenvalue weighted by Gasteiger charge is 2.33. The number of hydrogen-bond acceptors (Lipinski definition) is 6. The molecule has 0 saturated carbocycles. The number of benzene rings is 4. The van der Waals surface area contributed by atoms with E-state index < -0.39 is 50.2 Å². The summed E-state index contributed by atoms with van der Waals surface area (Å²) in [6.45, 7) is 1.66. The molecule has 2 aliphatic heterocycles. The first-order valence-electron chi connectivity index (χ1n) is 16.4. The molecular weight excluding hydrogens is 748 g/mol. The van der Waals surface area contributed by atoms with Crippen molar-refractivity contribution in [2.45, 2.75) is 17.2 Å². The summed E-state index contributed by atoms with van der Waals surface area (Å²) >= 11 is 6.32. The Balaban J connectivity index is 1.12. The van der Waals surface area contributed by atoms with Crippen LogP contribution in [0, 0.1) is 0 Å². The number of carbonyl (C=O) groups excluding carboxylic acids is 2. The summed E-state index contributed by atoms with van der Waals surface area (Å²) in [6.07, 6.45) is -8.99. The van der Waals surface area contributed by atoms with Gasteiger partial charge in [0.1, 0.15) is 4.90 Å². The molecule has 17 heteroatoms. The van der Waals surface area contributed by atoms with E-state index in [0.29, 0.717) is 11.4 Å². The van der Waals surface area contributed by atoms with Gasteiger partial charge >= 0.3 is 12.4 Å². The quantitative estimate of drug-likeness (QED) is 0.201. The number of sulfonamides is 1. The molecule has 0 unspecified atom stereocenters. The van der Waals surface area contributed by atoms with Crippen molar-refractivity contribution in [3.8, 4) is 0 Å². The molecule has 53 heavy (non-hydrogen) atoms. The predicted octanol–water partition coefficient (Wildman–Crippen LogP) is 7.10. The van der Waals surface area contributed by atoms with Crippen LogP contribution in [0.4, 0.5) is 43.4 Å². The number of halogens is 7. The largest absolute Gasteiger partial charge is 0.416 e. The molecule has 280 valence electrons. The van der Waals surface area contributed by atoms with Gasteiger partial charge in [0.15, 0.2) is 0 Å². The van der Waals surface area contributed by atoms with Crippen molar-refractivity contribution >= 4 is 50.5 Å². The van der Waals surface area contributed by atoms with Gasteiger partial charge in [-0.3, -0.25) is 14.3 Å². The lowest BCUT2D eigenvalue weighted by molar-refractivity contribution is -0.138. The van der Waals surface area contributed by atoms with Crippen molar-refractivity contribution in [2.75, 3.05) is 66.9 Å². The highest BCUT2D eigenvalue weighted by atomic mass is 35.5. The van der Waals surface area contributed by atoms with E-state index >= 15 is 0 Å². The molecule has 2 aliphatic rings. The number of hydrogen-bond donors (Lipinski definition) is 1. The number of para-hydroxylation sites is 1. The molecule has 0 bridgehead atoms. The molecule has 2 heterocycles. The summed E-state index contributed by atoms with van der Waals surface area (Å²) in [6, 6.07) is 19.5. The summed E-state index contributed by atoms with van der Waals surface area (Å²) in [4.78, 5) is 33.1. The topological polar surface area (TPSA) is 93.3 Å². The van der Waals surface area contributed by atoms with E-state index in [0.717, 1.165) is 30.3 Å². The summed E-state index contributed by atoms with van der Waals surface area (Å²) in [7, 11) is -4.46. The van der Waals surface area contributed by atoms with Crippen LogP contribution in [0.15, 0.2) is 95.9 Å². The van der Waals surface area contributed by atoms with E-state index in [1.807, 2.05) is 0 Å². The lowest BCUT2D eigenvalue weighted by Gasteiger charge is -2.36. The zero-order chi connectivity index (χ0) is 38.1. The van der Waals surface area contributed by atoms with E-state index in [9.17, 15) is 44.3 Å². The molecule has 0 atom stereocenters. The summed E-state index contributed by atoms with van der Waals surface area (Å²) in [5.41, 5.74) is -0.810. The molecule has 2 fully saturated rings. The molecule has 2 saturated heterocycles. The summed E-state index contributed by atoms with van der Waals surface area (Å²) in [5.74, 6) is -0.993.